The van der Waals surface area contributed by atoms with Gasteiger partial charge in [0.2, 0.25) is 5.91 Å². The van der Waals surface area contributed by atoms with Crippen LogP contribution in [0.15, 0.2) is 43.2 Å². The van der Waals surface area contributed by atoms with Gasteiger partial charge in [-0.25, -0.2) is 14.4 Å². The number of hydrogen-bond donors (Lipinski definition) is 1. The number of carbonyl (C=O) groups excluding carboxylic acids is 1. The van der Waals surface area contributed by atoms with Crippen molar-refractivity contribution in [3.63, 3.8) is 0 Å². The lowest BCUT2D eigenvalue weighted by molar-refractivity contribution is -0.133. The van der Waals surface area contributed by atoms with Gasteiger partial charge in [0, 0.05) is 30.6 Å². The number of piperidine rings is 2. The molecule has 2 bridgehead atoms. The summed E-state index contributed by atoms with van der Waals surface area (Å²) < 4.78 is 20.7. The predicted octanol–water partition coefficient (Wildman–Crippen LogP) is 5.05. The third-order valence-corrected chi connectivity index (χ3v) is 8.01. The number of fused-ring (bicyclic) bond motifs is 4. The van der Waals surface area contributed by atoms with Crippen molar-refractivity contribution >= 4 is 57.2 Å². The molecule has 3 aromatic rings. The fourth-order valence-corrected chi connectivity index (χ4v) is 5.94. The maximum absolute atomic E-state index is 14.7. The summed E-state index contributed by atoms with van der Waals surface area (Å²) in [6.07, 6.45) is 3.92. The maximum atomic E-state index is 14.7. The largest absolute Gasteiger partial charge is 0.489 e. The molecule has 0 radical (unpaired) electrons. The van der Waals surface area contributed by atoms with Gasteiger partial charge in [-0.1, -0.05) is 29.8 Å². The highest BCUT2D eigenvalue weighted by atomic mass is 35.5. The Morgan fingerprint density at radius 1 is 1.23 bits per heavy atom. The summed E-state index contributed by atoms with van der Waals surface area (Å²) in [7, 11) is 0. The Kier molecular flexibility index (Phi) is 5.45. The van der Waals surface area contributed by atoms with Gasteiger partial charge in [-0.15, -0.1) is 0 Å². The highest BCUT2D eigenvalue weighted by Crippen LogP contribution is 2.48. The number of ether oxygens (including phenoxy) is 1. The molecule has 2 aromatic carbocycles. The molecule has 180 valence electrons. The average molecular weight is 514 g/mol. The van der Waals surface area contributed by atoms with Crippen LogP contribution in [0.2, 0.25) is 10.0 Å². The van der Waals surface area contributed by atoms with Gasteiger partial charge in [-0.05, 0) is 42.5 Å². The van der Waals surface area contributed by atoms with E-state index in [1.54, 1.807) is 0 Å². The SMILES string of the molecule is C=CC(=O)N1C[C@H]2C[C@@H](C1)C2N1CCOc2cc3ncnc(Nc4ccc(Cl)c(Cl)c4F)c3cc21. The molecule has 1 N–H and O–H groups in total. The Morgan fingerprint density at radius 3 is 2.80 bits per heavy atom. The first kappa shape index (κ1) is 22.4. The second-order valence-electron chi connectivity index (χ2n) is 9.14. The minimum absolute atomic E-state index is 0.00563. The lowest BCUT2D eigenvalue weighted by Crippen LogP contribution is -2.66. The summed E-state index contributed by atoms with van der Waals surface area (Å²) >= 11 is 11.9. The molecule has 1 aliphatic carbocycles. The summed E-state index contributed by atoms with van der Waals surface area (Å²) in [5.41, 5.74) is 1.81. The molecule has 3 aliphatic heterocycles. The van der Waals surface area contributed by atoms with Crippen molar-refractivity contribution < 1.29 is 13.9 Å². The molecule has 1 aromatic heterocycles. The second-order valence-corrected chi connectivity index (χ2v) is 9.93. The van der Waals surface area contributed by atoms with Gasteiger partial charge < -0.3 is 19.9 Å². The fraction of sp³-hybridized carbons (Fsp3) is 0.320. The Labute approximate surface area is 211 Å². The number of benzene rings is 2. The molecular formula is C25H22Cl2FN5O2. The van der Waals surface area contributed by atoms with Crippen molar-refractivity contribution in [1.82, 2.24) is 14.9 Å². The van der Waals surface area contributed by atoms with Crippen molar-refractivity contribution in [3.8, 4) is 5.75 Å². The van der Waals surface area contributed by atoms with Crippen LogP contribution in [0.5, 0.6) is 5.75 Å². The molecule has 10 heteroatoms. The molecule has 7 nitrogen and oxygen atoms in total. The number of nitrogens with one attached hydrogen (secondary N) is 1. The van der Waals surface area contributed by atoms with E-state index in [1.165, 1.54) is 24.5 Å². The van der Waals surface area contributed by atoms with Gasteiger partial charge in [0.05, 0.1) is 33.5 Å². The smallest absolute Gasteiger partial charge is 0.245 e. The minimum Gasteiger partial charge on any atom is -0.489 e. The van der Waals surface area contributed by atoms with Crippen LogP contribution in [0.3, 0.4) is 0 Å². The third-order valence-electron chi connectivity index (χ3n) is 7.23. The van der Waals surface area contributed by atoms with Crippen molar-refractivity contribution in [2.45, 2.75) is 12.5 Å². The van der Waals surface area contributed by atoms with Gasteiger partial charge in [-0.2, -0.15) is 0 Å². The molecular weight excluding hydrogens is 492 g/mol. The molecule has 2 saturated heterocycles. The van der Waals surface area contributed by atoms with Crippen LogP contribution >= 0.6 is 23.2 Å². The van der Waals surface area contributed by atoms with Crippen molar-refractivity contribution in [2.24, 2.45) is 11.8 Å². The van der Waals surface area contributed by atoms with E-state index in [2.05, 4.69) is 26.8 Å². The van der Waals surface area contributed by atoms with E-state index < -0.39 is 5.82 Å². The van der Waals surface area contributed by atoms with Crippen LogP contribution in [0.25, 0.3) is 10.9 Å². The fourth-order valence-electron chi connectivity index (χ4n) is 5.63. The number of halogens is 3. The summed E-state index contributed by atoms with van der Waals surface area (Å²) in [5.74, 6) is 1.36. The Hall–Kier alpha value is -3.10. The van der Waals surface area contributed by atoms with Crippen LogP contribution in [-0.4, -0.2) is 53.1 Å². The van der Waals surface area contributed by atoms with Gasteiger partial charge in [0.1, 0.15) is 24.5 Å². The topological polar surface area (TPSA) is 70.6 Å². The van der Waals surface area contributed by atoms with E-state index in [1.807, 2.05) is 17.0 Å². The standard InChI is InChI=1S/C25H22Cl2FN5O2/c1-2-21(34)32-10-13-7-14(11-32)24(13)33-5-6-35-20-9-18-15(8-19(20)33)25(30-12-29-18)31-17-4-3-16(26)22(27)23(17)28/h2-4,8-9,12-14,24H,1,5-7,10-11H2,(H,29,30,31)/t13-,14+,24?. The molecule has 1 amide bonds. The summed E-state index contributed by atoms with van der Waals surface area (Å²) in [5, 5.41) is 3.78. The van der Waals surface area contributed by atoms with E-state index in [0.717, 1.165) is 42.9 Å². The quantitative estimate of drug-likeness (QED) is 0.388. The summed E-state index contributed by atoms with van der Waals surface area (Å²) in [6, 6.07) is 7.29. The molecule has 4 aliphatic rings. The zero-order valence-electron chi connectivity index (χ0n) is 18.7. The molecule has 1 saturated carbocycles. The van der Waals surface area contributed by atoms with E-state index >= 15 is 0 Å². The first-order chi connectivity index (χ1) is 16.9. The Bertz CT molecular complexity index is 1360. The first-order valence-electron chi connectivity index (χ1n) is 11.4. The number of nitrogens with zero attached hydrogens (tertiary/aromatic N) is 4. The van der Waals surface area contributed by atoms with Gasteiger partial charge >= 0.3 is 0 Å². The molecule has 3 atom stereocenters. The van der Waals surface area contributed by atoms with E-state index in [0.29, 0.717) is 35.8 Å². The number of rotatable bonds is 4. The summed E-state index contributed by atoms with van der Waals surface area (Å²) in [6.45, 7) is 6.42. The van der Waals surface area contributed by atoms with Gasteiger partial charge in [-0.3, -0.25) is 4.79 Å². The molecule has 1 unspecified atom stereocenters. The molecule has 3 fully saturated rings. The van der Waals surface area contributed by atoms with Crippen LogP contribution in [0.1, 0.15) is 6.42 Å². The minimum atomic E-state index is -0.644. The van der Waals surface area contributed by atoms with Crippen molar-refractivity contribution in [3.05, 3.63) is 59.1 Å². The lowest BCUT2D eigenvalue weighted by atomic mass is 9.65. The van der Waals surface area contributed by atoms with Crippen LogP contribution < -0.4 is 15.0 Å². The number of anilines is 3. The Morgan fingerprint density at radius 2 is 2.03 bits per heavy atom. The molecule has 0 spiro atoms. The number of aromatic nitrogens is 2. The van der Waals surface area contributed by atoms with Gasteiger partial charge in [0.25, 0.3) is 0 Å². The highest BCUT2D eigenvalue weighted by molar-refractivity contribution is 6.42. The first-order valence-corrected chi connectivity index (χ1v) is 12.2. The molecule has 7 rings (SSSR count). The van der Waals surface area contributed by atoms with Crippen molar-refractivity contribution in [2.75, 3.05) is 36.5 Å². The Balaban J connectivity index is 1.35. The highest BCUT2D eigenvalue weighted by Gasteiger charge is 2.51. The number of carbonyl (C=O) groups is 1. The van der Waals surface area contributed by atoms with Crippen LogP contribution in [0, 0.1) is 17.7 Å². The third kappa shape index (κ3) is 3.67. The predicted molar refractivity (Wildman–Crippen MR) is 134 cm³/mol. The zero-order valence-corrected chi connectivity index (χ0v) is 20.2. The number of amides is 1. The molecule has 35 heavy (non-hydrogen) atoms. The van der Waals surface area contributed by atoms with E-state index in [-0.39, 0.29) is 21.6 Å². The summed E-state index contributed by atoms with van der Waals surface area (Å²) in [4.78, 5) is 25.2. The lowest BCUT2D eigenvalue weighted by Gasteiger charge is -2.58. The normalized spacial score (nSPS) is 22.8. The maximum Gasteiger partial charge on any atom is 0.245 e. The average Bonchev–Trinajstić information content (AvgIpc) is 2.88. The molecule has 4 heterocycles. The number of hydrogen-bond acceptors (Lipinski definition) is 6. The van der Waals surface area contributed by atoms with Crippen LogP contribution in [-0.2, 0) is 4.79 Å². The van der Waals surface area contributed by atoms with Crippen LogP contribution in [0.4, 0.5) is 21.6 Å². The van der Waals surface area contributed by atoms with Gasteiger partial charge in [0.15, 0.2) is 5.82 Å². The monoisotopic (exact) mass is 513 g/mol. The van der Waals surface area contributed by atoms with E-state index in [4.69, 9.17) is 27.9 Å². The van der Waals surface area contributed by atoms with E-state index in [9.17, 15) is 9.18 Å². The van der Waals surface area contributed by atoms with Crippen molar-refractivity contribution in [1.29, 1.82) is 0 Å². The zero-order chi connectivity index (χ0) is 24.3. The second kappa shape index (κ2) is 8.53.